The Morgan fingerprint density at radius 1 is 1.62 bits per heavy atom. The Morgan fingerprint density at radius 3 is 3.31 bits per heavy atom. The van der Waals surface area contributed by atoms with E-state index >= 15 is 0 Å². The van der Waals surface area contributed by atoms with Gasteiger partial charge in [0.25, 0.3) is 0 Å². The van der Waals surface area contributed by atoms with E-state index in [1.807, 2.05) is 18.2 Å². The summed E-state index contributed by atoms with van der Waals surface area (Å²) >= 11 is 0. The summed E-state index contributed by atoms with van der Waals surface area (Å²) in [5, 5.41) is 11.8. The van der Waals surface area contributed by atoms with Gasteiger partial charge in [0, 0.05) is 17.8 Å². The number of aromatic nitrogens is 2. The number of H-pyrrole nitrogens is 1. The Labute approximate surface area is 92.1 Å². The van der Waals surface area contributed by atoms with E-state index in [1.54, 1.807) is 12.4 Å². The van der Waals surface area contributed by atoms with Crippen molar-refractivity contribution in [1.29, 1.82) is 5.26 Å². The van der Waals surface area contributed by atoms with Gasteiger partial charge in [-0.3, -0.25) is 4.79 Å². The van der Waals surface area contributed by atoms with E-state index < -0.39 is 0 Å². The molecule has 0 fully saturated rings. The minimum Gasteiger partial charge on any atom is -0.346 e. The van der Waals surface area contributed by atoms with E-state index in [0.717, 1.165) is 16.6 Å². The predicted octanol–water partition coefficient (Wildman–Crippen LogP) is 0.745. The van der Waals surface area contributed by atoms with Crippen LogP contribution in [0, 0.1) is 11.3 Å². The number of pyridine rings is 1. The van der Waals surface area contributed by atoms with Crippen molar-refractivity contribution in [3.05, 3.63) is 30.1 Å². The van der Waals surface area contributed by atoms with Crippen LogP contribution < -0.4 is 5.32 Å². The lowest BCUT2D eigenvalue weighted by molar-refractivity contribution is -0.120. The zero-order chi connectivity index (χ0) is 11.4. The number of carbonyl (C=O) groups excluding carboxylic acids is 1. The maximum Gasteiger partial charge on any atom is 0.225 e. The number of nitrogens with zero attached hydrogens (tertiary/aromatic N) is 2. The Bertz CT molecular complexity index is 552. The fraction of sp³-hybridized carbons (Fsp3) is 0.182. The molecule has 0 atom stereocenters. The molecule has 5 heteroatoms. The molecule has 1 amide bonds. The third kappa shape index (κ3) is 2.01. The van der Waals surface area contributed by atoms with Crippen molar-refractivity contribution in [2.24, 2.45) is 0 Å². The molecule has 0 aliphatic heterocycles. The zero-order valence-electron chi connectivity index (χ0n) is 8.53. The second kappa shape index (κ2) is 4.45. The number of hydrogen-bond donors (Lipinski definition) is 2. The van der Waals surface area contributed by atoms with Gasteiger partial charge in [-0.1, -0.05) is 0 Å². The first-order valence-corrected chi connectivity index (χ1v) is 4.86. The van der Waals surface area contributed by atoms with Crippen LogP contribution in [-0.4, -0.2) is 22.4 Å². The van der Waals surface area contributed by atoms with Crippen LogP contribution in [0.25, 0.3) is 11.0 Å². The van der Waals surface area contributed by atoms with E-state index in [-0.39, 0.29) is 18.9 Å². The normalized spacial score (nSPS) is 9.94. The number of fused-ring (bicyclic) bond motifs is 1. The Balaban J connectivity index is 2.16. The van der Waals surface area contributed by atoms with Gasteiger partial charge in [-0.15, -0.1) is 0 Å². The summed E-state index contributed by atoms with van der Waals surface area (Å²) in [4.78, 5) is 18.5. The summed E-state index contributed by atoms with van der Waals surface area (Å²) in [5.41, 5.74) is 1.66. The molecule has 5 nitrogen and oxygen atoms in total. The largest absolute Gasteiger partial charge is 0.346 e. The van der Waals surface area contributed by atoms with Crippen molar-refractivity contribution < 1.29 is 4.79 Å². The minimum absolute atomic E-state index is 0.0411. The SMILES string of the molecule is N#CCNC(=O)Cc1c[nH]c2ncccc12. The second-order valence-electron chi connectivity index (χ2n) is 3.33. The summed E-state index contributed by atoms with van der Waals surface area (Å²) in [6.45, 7) is 0.0411. The van der Waals surface area contributed by atoms with E-state index in [1.165, 1.54) is 0 Å². The maximum absolute atomic E-state index is 11.4. The van der Waals surface area contributed by atoms with Crippen LogP contribution in [0.2, 0.25) is 0 Å². The van der Waals surface area contributed by atoms with Crippen molar-refractivity contribution in [3.8, 4) is 6.07 Å². The average molecular weight is 214 g/mol. The molecule has 2 rings (SSSR count). The highest BCUT2D eigenvalue weighted by atomic mass is 16.1. The first-order chi connectivity index (χ1) is 7.81. The molecule has 0 spiro atoms. The van der Waals surface area contributed by atoms with Crippen molar-refractivity contribution in [2.75, 3.05) is 6.54 Å². The molecule has 0 aliphatic carbocycles. The average Bonchev–Trinajstić information content (AvgIpc) is 2.70. The zero-order valence-corrected chi connectivity index (χ0v) is 8.53. The third-order valence-electron chi connectivity index (χ3n) is 2.25. The lowest BCUT2D eigenvalue weighted by Gasteiger charge is -1.99. The molecule has 0 aromatic carbocycles. The molecule has 0 aliphatic rings. The second-order valence-corrected chi connectivity index (χ2v) is 3.33. The van der Waals surface area contributed by atoms with Gasteiger partial charge in [-0.2, -0.15) is 5.26 Å². The molecule has 16 heavy (non-hydrogen) atoms. The summed E-state index contributed by atoms with van der Waals surface area (Å²) in [6, 6.07) is 5.60. The van der Waals surface area contributed by atoms with Crippen LogP contribution >= 0.6 is 0 Å². The summed E-state index contributed by atoms with van der Waals surface area (Å²) in [7, 11) is 0. The minimum atomic E-state index is -0.161. The number of nitriles is 1. The fourth-order valence-corrected chi connectivity index (χ4v) is 1.53. The monoisotopic (exact) mass is 214 g/mol. The highest BCUT2D eigenvalue weighted by molar-refractivity contribution is 5.87. The molecule has 2 heterocycles. The number of carbonyl (C=O) groups is 1. The smallest absolute Gasteiger partial charge is 0.225 e. The summed E-state index contributed by atoms with van der Waals surface area (Å²) in [6.07, 6.45) is 3.72. The van der Waals surface area contributed by atoms with Gasteiger partial charge >= 0.3 is 0 Å². The number of nitrogens with one attached hydrogen (secondary N) is 2. The first-order valence-electron chi connectivity index (χ1n) is 4.86. The van der Waals surface area contributed by atoms with Crippen molar-refractivity contribution >= 4 is 16.9 Å². The number of aromatic amines is 1. The fourth-order valence-electron chi connectivity index (χ4n) is 1.53. The van der Waals surface area contributed by atoms with E-state index in [9.17, 15) is 4.79 Å². The number of rotatable bonds is 3. The van der Waals surface area contributed by atoms with Crippen LogP contribution in [0.4, 0.5) is 0 Å². The van der Waals surface area contributed by atoms with Crippen molar-refractivity contribution in [2.45, 2.75) is 6.42 Å². The highest BCUT2D eigenvalue weighted by Gasteiger charge is 2.08. The van der Waals surface area contributed by atoms with E-state index in [0.29, 0.717) is 0 Å². The van der Waals surface area contributed by atoms with Crippen LogP contribution in [-0.2, 0) is 11.2 Å². The molecule has 2 N–H and O–H groups in total. The third-order valence-corrected chi connectivity index (χ3v) is 2.25. The summed E-state index contributed by atoms with van der Waals surface area (Å²) in [5.74, 6) is -0.161. The molecule has 0 saturated carbocycles. The predicted molar refractivity (Wildman–Crippen MR) is 58.4 cm³/mol. The first kappa shape index (κ1) is 10.2. The van der Waals surface area contributed by atoms with Gasteiger partial charge in [-0.25, -0.2) is 4.98 Å². The molecule has 0 radical (unpaired) electrons. The van der Waals surface area contributed by atoms with Crippen LogP contribution in [0.15, 0.2) is 24.5 Å². The molecule has 0 bridgehead atoms. The highest BCUT2D eigenvalue weighted by Crippen LogP contribution is 2.15. The lowest BCUT2D eigenvalue weighted by Crippen LogP contribution is -2.25. The topological polar surface area (TPSA) is 81.6 Å². The van der Waals surface area contributed by atoms with Gasteiger partial charge in [0.15, 0.2) is 0 Å². The Kier molecular flexibility index (Phi) is 2.83. The van der Waals surface area contributed by atoms with Crippen molar-refractivity contribution in [3.63, 3.8) is 0 Å². The quantitative estimate of drug-likeness (QED) is 0.739. The van der Waals surface area contributed by atoms with Gasteiger partial charge < -0.3 is 10.3 Å². The molecule has 2 aromatic rings. The van der Waals surface area contributed by atoms with Gasteiger partial charge in [0.05, 0.1) is 12.5 Å². The van der Waals surface area contributed by atoms with E-state index in [4.69, 9.17) is 5.26 Å². The van der Waals surface area contributed by atoms with Crippen LogP contribution in [0.3, 0.4) is 0 Å². The van der Waals surface area contributed by atoms with Crippen molar-refractivity contribution in [1.82, 2.24) is 15.3 Å². The van der Waals surface area contributed by atoms with Gasteiger partial charge in [-0.05, 0) is 17.7 Å². The molecule has 80 valence electrons. The maximum atomic E-state index is 11.4. The standard InChI is InChI=1S/C11H10N4O/c12-3-5-13-10(16)6-8-7-15-11-9(8)2-1-4-14-11/h1-2,4,7H,5-6H2,(H,13,16)(H,14,15). The Hall–Kier alpha value is -2.35. The Morgan fingerprint density at radius 2 is 2.50 bits per heavy atom. The molecular weight excluding hydrogens is 204 g/mol. The van der Waals surface area contributed by atoms with Gasteiger partial charge in [0.2, 0.25) is 5.91 Å². The summed E-state index contributed by atoms with van der Waals surface area (Å²) < 4.78 is 0. The molecule has 0 saturated heterocycles. The molecule has 2 aromatic heterocycles. The molecular formula is C11H10N4O. The lowest BCUT2D eigenvalue weighted by atomic mass is 10.1. The van der Waals surface area contributed by atoms with Crippen LogP contribution in [0.1, 0.15) is 5.56 Å². The molecule has 0 unspecified atom stereocenters. The number of amides is 1. The number of hydrogen-bond acceptors (Lipinski definition) is 3. The van der Waals surface area contributed by atoms with E-state index in [2.05, 4.69) is 15.3 Å². The van der Waals surface area contributed by atoms with Gasteiger partial charge in [0.1, 0.15) is 12.2 Å². The van der Waals surface area contributed by atoms with Crippen LogP contribution in [0.5, 0.6) is 0 Å².